The van der Waals surface area contributed by atoms with Crippen molar-refractivity contribution in [3.05, 3.63) is 6.20 Å². The van der Waals surface area contributed by atoms with Crippen LogP contribution in [0.1, 0.15) is 0 Å². The van der Waals surface area contributed by atoms with Crippen molar-refractivity contribution >= 4 is 26.5 Å². The lowest BCUT2D eigenvalue weighted by Crippen LogP contribution is -2.43. The second-order valence-corrected chi connectivity index (χ2v) is 6.98. The molecule has 1 aromatic heterocycles. The lowest BCUT2D eigenvalue weighted by molar-refractivity contribution is -0.0117. The molecule has 2 heterocycles. The number of thiazole rings is 1. The maximum atomic E-state index is 11.1. The van der Waals surface area contributed by atoms with Crippen LogP contribution in [0.4, 0.5) is 5.13 Å². The highest BCUT2D eigenvalue weighted by atomic mass is 32.2. The van der Waals surface area contributed by atoms with Crippen molar-refractivity contribution < 1.29 is 13.2 Å². The van der Waals surface area contributed by atoms with Gasteiger partial charge in [-0.15, -0.1) is 0 Å². The number of sulfonamides is 1. The number of nitrogens with zero attached hydrogens (tertiary/aromatic N) is 2. The molecule has 7 nitrogen and oxygen atoms in total. The summed E-state index contributed by atoms with van der Waals surface area (Å²) in [6.45, 7) is 3.09. The van der Waals surface area contributed by atoms with Crippen molar-refractivity contribution in [2.24, 2.45) is 5.14 Å². The minimum absolute atomic E-state index is 0.0617. The zero-order valence-corrected chi connectivity index (χ0v) is 11.6. The van der Waals surface area contributed by atoms with Crippen LogP contribution in [0.5, 0.6) is 0 Å². The molecule has 0 spiro atoms. The number of hydrogen-bond acceptors (Lipinski definition) is 7. The molecule has 0 bridgehead atoms. The highest BCUT2D eigenvalue weighted by Gasteiger charge is 2.18. The number of likely N-dealkylation sites (N-methyl/N-ethyl adjacent to an activating group) is 1. The van der Waals surface area contributed by atoms with Gasteiger partial charge in [0.15, 0.2) is 9.34 Å². The van der Waals surface area contributed by atoms with Gasteiger partial charge in [-0.05, 0) is 7.05 Å². The topological polar surface area (TPSA) is 97.5 Å². The number of aromatic nitrogens is 1. The first-order valence-corrected chi connectivity index (χ1v) is 7.84. The molecule has 1 aromatic rings. The van der Waals surface area contributed by atoms with Crippen LogP contribution >= 0.6 is 11.3 Å². The number of primary sulfonamides is 1. The van der Waals surface area contributed by atoms with Gasteiger partial charge in [0.05, 0.1) is 18.9 Å². The quantitative estimate of drug-likeness (QED) is 0.779. The van der Waals surface area contributed by atoms with E-state index in [0.29, 0.717) is 18.3 Å². The lowest BCUT2D eigenvalue weighted by Gasteiger charge is -2.29. The largest absolute Gasteiger partial charge is 0.374 e. The molecule has 0 aliphatic carbocycles. The van der Waals surface area contributed by atoms with E-state index in [1.54, 1.807) is 0 Å². The molecule has 1 saturated heterocycles. The van der Waals surface area contributed by atoms with Crippen molar-refractivity contribution in [1.82, 2.24) is 9.88 Å². The highest BCUT2D eigenvalue weighted by Crippen LogP contribution is 2.21. The summed E-state index contributed by atoms with van der Waals surface area (Å²) in [6, 6.07) is 0. The van der Waals surface area contributed by atoms with Gasteiger partial charge >= 0.3 is 0 Å². The van der Waals surface area contributed by atoms with Crippen LogP contribution in [0, 0.1) is 0 Å². The third-order valence-electron chi connectivity index (χ3n) is 2.59. The lowest BCUT2D eigenvalue weighted by atomic mass is 10.3. The Balaban J connectivity index is 1.88. The second kappa shape index (κ2) is 5.49. The van der Waals surface area contributed by atoms with Gasteiger partial charge in [-0.2, -0.15) is 0 Å². The third-order valence-corrected chi connectivity index (χ3v) is 4.95. The Bertz CT molecular complexity index is 502. The van der Waals surface area contributed by atoms with E-state index in [0.717, 1.165) is 24.4 Å². The monoisotopic (exact) mass is 292 g/mol. The van der Waals surface area contributed by atoms with Crippen LogP contribution in [-0.2, 0) is 14.8 Å². The Morgan fingerprint density at radius 2 is 2.50 bits per heavy atom. The summed E-state index contributed by atoms with van der Waals surface area (Å²) in [6.07, 6.45) is 1.35. The van der Waals surface area contributed by atoms with Crippen LogP contribution in [0.15, 0.2) is 10.4 Å². The van der Waals surface area contributed by atoms with E-state index in [9.17, 15) is 8.42 Å². The van der Waals surface area contributed by atoms with Crippen molar-refractivity contribution in [1.29, 1.82) is 0 Å². The molecule has 0 amide bonds. The van der Waals surface area contributed by atoms with Gasteiger partial charge in [0.1, 0.15) is 0 Å². The van der Waals surface area contributed by atoms with Crippen LogP contribution in [0.25, 0.3) is 0 Å². The smallest absolute Gasteiger partial charge is 0.249 e. The molecule has 0 saturated carbocycles. The van der Waals surface area contributed by atoms with Gasteiger partial charge < -0.3 is 15.0 Å². The fraction of sp³-hybridized carbons (Fsp3) is 0.667. The molecular formula is C9H16N4O3S2. The first-order chi connectivity index (χ1) is 8.45. The van der Waals surface area contributed by atoms with Crippen molar-refractivity contribution in [2.45, 2.75) is 10.3 Å². The normalized spacial score (nSPS) is 22.0. The summed E-state index contributed by atoms with van der Waals surface area (Å²) in [4.78, 5) is 6.15. The molecule has 3 N–H and O–H groups in total. The second-order valence-electron chi connectivity index (χ2n) is 4.17. The van der Waals surface area contributed by atoms with Crippen molar-refractivity contribution in [2.75, 3.05) is 38.6 Å². The number of morpholine rings is 1. The van der Waals surface area contributed by atoms with Gasteiger partial charge in [0.25, 0.3) is 0 Å². The zero-order valence-electron chi connectivity index (χ0n) is 10.00. The van der Waals surface area contributed by atoms with E-state index in [2.05, 4.69) is 15.2 Å². The van der Waals surface area contributed by atoms with Gasteiger partial charge in [0.2, 0.25) is 10.0 Å². The minimum atomic E-state index is -3.66. The molecule has 1 aliphatic heterocycles. The van der Waals surface area contributed by atoms with Gasteiger partial charge in [-0.25, -0.2) is 18.5 Å². The number of ether oxygens (including phenoxy) is 1. The van der Waals surface area contributed by atoms with E-state index in [-0.39, 0.29) is 10.3 Å². The maximum absolute atomic E-state index is 11.1. The average Bonchev–Trinajstić information content (AvgIpc) is 2.74. The number of nitrogens with two attached hydrogens (primary N) is 1. The number of nitrogens with one attached hydrogen (secondary N) is 1. The molecule has 1 aliphatic rings. The number of anilines is 1. The summed E-state index contributed by atoms with van der Waals surface area (Å²) in [5.41, 5.74) is 0. The SMILES string of the molecule is CN1CCOC(CNc2ncc(S(N)(=O)=O)s2)C1. The predicted molar refractivity (Wildman–Crippen MR) is 69.2 cm³/mol. The third kappa shape index (κ3) is 3.62. The fourth-order valence-corrected chi connectivity index (χ4v) is 3.12. The van der Waals surface area contributed by atoms with Crippen molar-refractivity contribution in [3.63, 3.8) is 0 Å². The molecule has 1 unspecified atom stereocenters. The van der Waals surface area contributed by atoms with E-state index < -0.39 is 10.0 Å². The molecule has 1 fully saturated rings. The predicted octanol–water partition coefficient (Wildman–Crippen LogP) is -0.467. The Kier molecular flexibility index (Phi) is 4.17. The molecule has 0 aromatic carbocycles. The fourth-order valence-electron chi connectivity index (χ4n) is 1.66. The standard InChI is InChI=1S/C9H16N4O3S2/c1-13-2-3-16-7(6-13)4-11-9-12-5-8(17-9)18(10,14)15/h5,7H,2-4,6H2,1H3,(H,11,12)(H2,10,14,15). The molecular weight excluding hydrogens is 276 g/mol. The number of hydrogen-bond donors (Lipinski definition) is 2. The molecule has 0 radical (unpaired) electrons. The summed E-state index contributed by atoms with van der Waals surface area (Å²) in [7, 11) is -1.62. The molecule has 102 valence electrons. The first kappa shape index (κ1) is 13.7. The first-order valence-electron chi connectivity index (χ1n) is 5.48. The van der Waals surface area contributed by atoms with Crippen molar-refractivity contribution in [3.8, 4) is 0 Å². The number of rotatable bonds is 4. The maximum Gasteiger partial charge on any atom is 0.249 e. The van der Waals surface area contributed by atoms with Crippen LogP contribution < -0.4 is 10.5 Å². The Morgan fingerprint density at radius 3 is 3.11 bits per heavy atom. The van der Waals surface area contributed by atoms with Crippen LogP contribution in [0.3, 0.4) is 0 Å². The summed E-state index contributed by atoms with van der Waals surface area (Å²) in [5.74, 6) is 0. The Hall–Kier alpha value is -0.740. The molecule has 1 atom stereocenters. The van der Waals surface area contributed by atoms with Crippen LogP contribution in [0.2, 0.25) is 0 Å². The average molecular weight is 292 g/mol. The van der Waals surface area contributed by atoms with E-state index >= 15 is 0 Å². The summed E-state index contributed by atoms with van der Waals surface area (Å²) < 4.78 is 27.8. The Morgan fingerprint density at radius 1 is 1.72 bits per heavy atom. The van der Waals surface area contributed by atoms with Crippen LogP contribution in [-0.4, -0.2) is 57.7 Å². The summed E-state index contributed by atoms with van der Waals surface area (Å²) >= 11 is 1.02. The molecule has 9 heteroatoms. The highest BCUT2D eigenvalue weighted by molar-refractivity contribution is 7.91. The van der Waals surface area contributed by atoms with Gasteiger partial charge in [-0.3, -0.25) is 0 Å². The summed E-state index contributed by atoms with van der Waals surface area (Å²) in [5, 5.41) is 8.61. The molecule has 2 rings (SSSR count). The Labute approximate surface area is 110 Å². The van der Waals surface area contributed by atoms with Gasteiger partial charge in [-0.1, -0.05) is 11.3 Å². The van der Waals surface area contributed by atoms with Gasteiger partial charge in [0, 0.05) is 19.6 Å². The molecule has 18 heavy (non-hydrogen) atoms. The minimum Gasteiger partial charge on any atom is -0.374 e. The van der Waals surface area contributed by atoms with E-state index in [1.165, 1.54) is 6.20 Å². The zero-order chi connectivity index (χ0) is 13.2. The van der Waals surface area contributed by atoms with E-state index in [1.807, 2.05) is 7.05 Å². The van der Waals surface area contributed by atoms with E-state index in [4.69, 9.17) is 9.88 Å².